The third-order valence-electron chi connectivity index (χ3n) is 4.66. The van der Waals surface area contributed by atoms with Gasteiger partial charge < -0.3 is 10.6 Å². The Morgan fingerprint density at radius 2 is 2.00 bits per heavy atom. The van der Waals surface area contributed by atoms with Crippen LogP contribution in [0, 0.1) is 10.1 Å². The molecule has 28 heavy (non-hydrogen) atoms. The van der Waals surface area contributed by atoms with E-state index in [-0.39, 0.29) is 10.6 Å². The molecule has 0 unspecified atom stereocenters. The molecule has 1 aliphatic rings. The number of aliphatic imine (C=N–C) groups is 1. The average molecular weight is 402 g/mol. The number of nitrogens with one attached hydrogen (secondary N) is 2. The third-order valence-corrected chi connectivity index (χ3v) is 5.76. The number of benzene rings is 1. The molecule has 0 spiro atoms. The summed E-state index contributed by atoms with van der Waals surface area (Å²) in [5, 5.41) is 18.5. The number of amidine groups is 1. The number of non-ortho nitro benzene ring substituents is 1. The number of aromatic nitrogens is 1. The van der Waals surface area contributed by atoms with E-state index in [0.29, 0.717) is 0 Å². The summed E-state index contributed by atoms with van der Waals surface area (Å²) in [5.74, 6) is 1.15. The number of anilines is 1. The maximum absolute atomic E-state index is 10.9. The van der Waals surface area contributed by atoms with Crippen LogP contribution in [-0.2, 0) is 6.42 Å². The monoisotopic (exact) mass is 401 g/mol. The van der Waals surface area contributed by atoms with Gasteiger partial charge in [-0.1, -0.05) is 11.3 Å². The van der Waals surface area contributed by atoms with Crippen LogP contribution in [-0.4, -0.2) is 35.4 Å². The molecular weight excluding hydrogens is 374 g/mol. The van der Waals surface area contributed by atoms with Crippen LogP contribution in [0.5, 0.6) is 0 Å². The van der Waals surface area contributed by atoms with Crippen LogP contribution in [0.15, 0.2) is 29.3 Å². The Labute approximate surface area is 169 Å². The smallest absolute Gasteiger partial charge is 0.269 e. The Morgan fingerprint density at radius 1 is 1.18 bits per heavy atom. The third kappa shape index (κ3) is 5.51. The summed E-state index contributed by atoms with van der Waals surface area (Å²) in [6.45, 7) is 4.76. The van der Waals surface area contributed by atoms with Crippen molar-refractivity contribution in [3.63, 3.8) is 0 Å². The van der Waals surface area contributed by atoms with E-state index in [9.17, 15) is 10.1 Å². The highest BCUT2D eigenvalue weighted by Crippen LogP contribution is 2.34. The van der Waals surface area contributed by atoms with E-state index in [0.717, 1.165) is 72.4 Å². The van der Waals surface area contributed by atoms with Crippen LogP contribution < -0.4 is 10.6 Å². The Kier molecular flexibility index (Phi) is 7.36. The van der Waals surface area contributed by atoms with Crippen molar-refractivity contribution in [3.8, 4) is 10.4 Å². The highest BCUT2D eigenvalue weighted by atomic mass is 32.1. The van der Waals surface area contributed by atoms with E-state index >= 15 is 0 Å². The number of hydrogen-bond acceptors (Lipinski definition) is 7. The number of rotatable bonds is 9. The Hall–Kier alpha value is -2.48. The molecular formula is C20H27N5O2S. The van der Waals surface area contributed by atoms with Gasteiger partial charge in [0.2, 0.25) is 0 Å². The van der Waals surface area contributed by atoms with Gasteiger partial charge in [-0.25, -0.2) is 4.98 Å². The Bertz CT molecular complexity index is 817. The molecule has 0 fully saturated rings. The van der Waals surface area contributed by atoms with Crippen LogP contribution in [0.25, 0.3) is 10.4 Å². The van der Waals surface area contributed by atoms with Crippen molar-refractivity contribution >= 4 is 28.0 Å². The lowest BCUT2D eigenvalue weighted by Crippen LogP contribution is -2.26. The summed E-state index contributed by atoms with van der Waals surface area (Å²) < 4.78 is 0. The molecule has 2 N–H and O–H groups in total. The van der Waals surface area contributed by atoms with E-state index in [1.807, 2.05) is 19.1 Å². The van der Waals surface area contributed by atoms with Gasteiger partial charge in [-0.05, 0) is 56.7 Å². The van der Waals surface area contributed by atoms with E-state index in [2.05, 4.69) is 15.6 Å². The zero-order valence-corrected chi connectivity index (χ0v) is 17.1. The second kappa shape index (κ2) is 10.2. The Balaban J connectivity index is 1.61. The fourth-order valence-electron chi connectivity index (χ4n) is 3.20. The van der Waals surface area contributed by atoms with Crippen molar-refractivity contribution in [2.75, 3.05) is 25.0 Å². The van der Waals surface area contributed by atoms with Crippen LogP contribution in [0.1, 0.15) is 44.7 Å². The summed E-state index contributed by atoms with van der Waals surface area (Å²) in [6, 6.07) is 6.74. The normalized spacial score (nSPS) is 13.8. The first-order chi connectivity index (χ1) is 13.7. The highest BCUT2D eigenvalue weighted by Gasteiger charge is 2.14. The number of nitro groups is 1. The summed E-state index contributed by atoms with van der Waals surface area (Å²) in [5.41, 5.74) is 2.15. The maximum Gasteiger partial charge on any atom is 0.269 e. The lowest BCUT2D eigenvalue weighted by molar-refractivity contribution is -0.384. The summed E-state index contributed by atoms with van der Waals surface area (Å²) in [7, 11) is 0. The van der Waals surface area contributed by atoms with Crippen molar-refractivity contribution in [2.45, 2.75) is 45.4 Å². The van der Waals surface area contributed by atoms with Crippen LogP contribution in [0.4, 0.5) is 10.8 Å². The second-order valence-corrected chi connectivity index (χ2v) is 7.80. The minimum atomic E-state index is -0.370. The maximum atomic E-state index is 10.9. The molecule has 0 atom stereocenters. The molecule has 1 aromatic heterocycles. The Morgan fingerprint density at radius 3 is 2.68 bits per heavy atom. The minimum absolute atomic E-state index is 0.110. The topological polar surface area (TPSA) is 92.5 Å². The van der Waals surface area contributed by atoms with Crippen LogP contribution in [0.2, 0.25) is 0 Å². The van der Waals surface area contributed by atoms with E-state index in [1.165, 1.54) is 12.8 Å². The largest absolute Gasteiger partial charge is 0.374 e. The molecule has 0 aliphatic carbocycles. The van der Waals surface area contributed by atoms with Gasteiger partial charge in [-0.2, -0.15) is 0 Å². The van der Waals surface area contributed by atoms with Crippen molar-refractivity contribution in [3.05, 3.63) is 40.1 Å². The number of thiazole rings is 1. The number of unbranched alkanes of at least 4 members (excludes halogenated alkanes) is 1. The number of nitro benzene ring substituents is 1. The molecule has 1 aliphatic heterocycles. The fraction of sp³-hybridized carbons (Fsp3) is 0.500. The first-order valence-corrected chi connectivity index (χ1v) is 10.7. The van der Waals surface area contributed by atoms with Gasteiger partial charge in [0.1, 0.15) is 0 Å². The zero-order chi connectivity index (χ0) is 19.8. The fourth-order valence-corrected chi connectivity index (χ4v) is 4.28. The molecule has 150 valence electrons. The van der Waals surface area contributed by atoms with Crippen molar-refractivity contribution < 1.29 is 4.92 Å². The van der Waals surface area contributed by atoms with Crippen molar-refractivity contribution in [1.29, 1.82) is 0 Å². The standard InChI is InChI=1S/C20H27N5O2S/c1-2-21-20-24-17(7-3-5-13-22-18-8-4-6-14-23-18)19(28-20)15-9-11-16(12-10-15)25(26)27/h9-12H,2-8,13-14H2,1H3,(H,21,24)(H,22,23). The molecule has 1 aromatic carbocycles. The number of aryl methyl sites for hydroxylation is 1. The average Bonchev–Trinajstić information content (AvgIpc) is 3.11. The predicted octanol–water partition coefficient (Wildman–Crippen LogP) is 4.64. The van der Waals surface area contributed by atoms with Gasteiger partial charge in [0, 0.05) is 38.2 Å². The second-order valence-electron chi connectivity index (χ2n) is 6.80. The minimum Gasteiger partial charge on any atom is -0.374 e. The SMILES string of the molecule is CCNc1nc(CCCCNC2=NCCCC2)c(-c2ccc([N+](=O)[O-])cc2)s1. The number of nitrogens with zero attached hydrogens (tertiary/aromatic N) is 3. The van der Waals surface area contributed by atoms with Crippen LogP contribution in [0.3, 0.4) is 0 Å². The summed E-state index contributed by atoms with van der Waals surface area (Å²) in [4.78, 5) is 20.9. The molecule has 8 heteroatoms. The van der Waals surface area contributed by atoms with Crippen molar-refractivity contribution in [2.24, 2.45) is 4.99 Å². The van der Waals surface area contributed by atoms with Gasteiger partial charge in [0.05, 0.1) is 21.3 Å². The van der Waals surface area contributed by atoms with Gasteiger partial charge in [0.25, 0.3) is 5.69 Å². The lowest BCUT2D eigenvalue weighted by Gasteiger charge is -2.13. The van der Waals surface area contributed by atoms with Gasteiger partial charge in [-0.15, -0.1) is 0 Å². The molecule has 0 bridgehead atoms. The molecule has 7 nitrogen and oxygen atoms in total. The highest BCUT2D eigenvalue weighted by molar-refractivity contribution is 7.19. The van der Waals surface area contributed by atoms with Gasteiger partial charge >= 0.3 is 0 Å². The summed E-state index contributed by atoms with van der Waals surface area (Å²) >= 11 is 1.61. The first-order valence-electron chi connectivity index (χ1n) is 9.93. The van der Waals surface area contributed by atoms with E-state index in [1.54, 1.807) is 23.5 Å². The molecule has 0 amide bonds. The molecule has 0 saturated heterocycles. The predicted molar refractivity (Wildman–Crippen MR) is 115 cm³/mol. The van der Waals surface area contributed by atoms with Crippen molar-refractivity contribution in [1.82, 2.24) is 10.3 Å². The number of hydrogen-bond donors (Lipinski definition) is 2. The lowest BCUT2D eigenvalue weighted by atomic mass is 10.1. The van der Waals surface area contributed by atoms with E-state index < -0.39 is 0 Å². The molecule has 2 aromatic rings. The van der Waals surface area contributed by atoms with Crippen LogP contribution >= 0.6 is 11.3 Å². The van der Waals surface area contributed by atoms with Gasteiger partial charge in [0.15, 0.2) is 5.13 Å². The molecule has 0 saturated carbocycles. The van der Waals surface area contributed by atoms with E-state index in [4.69, 9.17) is 4.98 Å². The quantitative estimate of drug-likeness (QED) is 0.363. The summed E-state index contributed by atoms with van der Waals surface area (Å²) in [6.07, 6.45) is 6.50. The first kappa shape index (κ1) is 20.3. The zero-order valence-electron chi connectivity index (χ0n) is 16.2. The molecule has 2 heterocycles. The molecule has 3 rings (SSSR count). The molecule has 0 radical (unpaired) electrons. The van der Waals surface area contributed by atoms with Gasteiger partial charge in [-0.3, -0.25) is 15.1 Å².